The molecule has 0 atom stereocenters. The third-order valence-electron chi connectivity index (χ3n) is 2.50. The van der Waals surface area contributed by atoms with Gasteiger partial charge in [0.15, 0.2) is 11.6 Å². The molecule has 3 N–H and O–H groups in total. The second-order valence-electron chi connectivity index (χ2n) is 3.94. The highest BCUT2D eigenvalue weighted by Crippen LogP contribution is 2.17. The fourth-order valence-corrected chi connectivity index (χ4v) is 2.47. The Balaban J connectivity index is 2.27. The van der Waals surface area contributed by atoms with Crippen molar-refractivity contribution in [3.8, 4) is 0 Å². The summed E-state index contributed by atoms with van der Waals surface area (Å²) in [6.07, 6.45) is 1.42. The van der Waals surface area contributed by atoms with Crippen LogP contribution in [-0.2, 0) is 16.6 Å². The third-order valence-corrected chi connectivity index (χ3v) is 3.85. The number of nitrogens with two attached hydrogens (primary N) is 1. The quantitative estimate of drug-likeness (QED) is 0.898. The summed E-state index contributed by atoms with van der Waals surface area (Å²) in [6, 6.07) is 5.35. The maximum Gasteiger partial charge on any atom is 0.263 e. The van der Waals surface area contributed by atoms with Gasteiger partial charge in [-0.25, -0.2) is 22.2 Å². The lowest BCUT2D eigenvalue weighted by atomic mass is 10.3. The van der Waals surface area contributed by atoms with Gasteiger partial charge in [0.05, 0.1) is 4.90 Å². The molecule has 1 heterocycles. The van der Waals surface area contributed by atoms with Crippen molar-refractivity contribution < 1.29 is 17.2 Å². The van der Waals surface area contributed by atoms with Crippen molar-refractivity contribution in [2.24, 2.45) is 5.73 Å². The van der Waals surface area contributed by atoms with Crippen molar-refractivity contribution in [1.29, 1.82) is 0 Å². The Morgan fingerprint density at radius 1 is 1.15 bits per heavy atom. The van der Waals surface area contributed by atoms with Gasteiger partial charge in [-0.15, -0.1) is 0 Å². The Bertz CT molecular complexity index is 718. The summed E-state index contributed by atoms with van der Waals surface area (Å²) in [5.74, 6) is -2.29. The summed E-state index contributed by atoms with van der Waals surface area (Å²) in [5, 5.41) is 0. The van der Waals surface area contributed by atoms with E-state index < -0.39 is 21.7 Å². The molecule has 0 radical (unpaired) electrons. The summed E-state index contributed by atoms with van der Waals surface area (Å²) in [6.45, 7) is 0.281. The van der Waals surface area contributed by atoms with Gasteiger partial charge in [-0.3, -0.25) is 4.72 Å². The number of hydrogen-bond acceptors (Lipinski definition) is 4. The lowest BCUT2D eigenvalue weighted by Crippen LogP contribution is -2.14. The van der Waals surface area contributed by atoms with Crippen LogP contribution in [0.25, 0.3) is 0 Å². The Labute approximate surface area is 114 Å². The molecule has 0 saturated heterocycles. The van der Waals surface area contributed by atoms with Gasteiger partial charge in [-0.2, -0.15) is 0 Å². The van der Waals surface area contributed by atoms with E-state index in [-0.39, 0.29) is 17.3 Å². The summed E-state index contributed by atoms with van der Waals surface area (Å²) in [7, 11) is -4.02. The van der Waals surface area contributed by atoms with Crippen LogP contribution in [0.5, 0.6) is 0 Å². The highest BCUT2D eigenvalue weighted by molar-refractivity contribution is 7.92. The van der Waals surface area contributed by atoms with Crippen LogP contribution in [-0.4, -0.2) is 13.4 Å². The molecule has 20 heavy (non-hydrogen) atoms. The van der Waals surface area contributed by atoms with Crippen LogP contribution in [0.2, 0.25) is 0 Å². The third kappa shape index (κ3) is 3.09. The first kappa shape index (κ1) is 14.4. The normalized spacial score (nSPS) is 11.3. The number of halogens is 2. The monoisotopic (exact) mass is 299 g/mol. The van der Waals surface area contributed by atoms with Crippen LogP contribution in [0.1, 0.15) is 5.56 Å². The maximum absolute atomic E-state index is 13.1. The molecule has 0 fully saturated rings. The van der Waals surface area contributed by atoms with E-state index in [9.17, 15) is 17.2 Å². The Morgan fingerprint density at radius 3 is 2.45 bits per heavy atom. The second-order valence-corrected chi connectivity index (χ2v) is 5.62. The minimum Gasteiger partial charge on any atom is -0.326 e. The summed E-state index contributed by atoms with van der Waals surface area (Å²) >= 11 is 0. The van der Waals surface area contributed by atoms with Gasteiger partial charge in [-0.1, -0.05) is 6.07 Å². The van der Waals surface area contributed by atoms with Gasteiger partial charge in [0.2, 0.25) is 0 Å². The van der Waals surface area contributed by atoms with Crippen LogP contribution in [0.4, 0.5) is 14.6 Å². The van der Waals surface area contributed by atoms with Gasteiger partial charge < -0.3 is 5.73 Å². The van der Waals surface area contributed by atoms with Crippen LogP contribution >= 0.6 is 0 Å². The van der Waals surface area contributed by atoms with Crippen molar-refractivity contribution in [3.63, 3.8) is 0 Å². The van der Waals surface area contributed by atoms with Gasteiger partial charge >= 0.3 is 0 Å². The van der Waals surface area contributed by atoms with Crippen LogP contribution in [0.15, 0.2) is 41.4 Å². The number of anilines is 1. The number of pyridine rings is 1. The molecule has 0 saturated carbocycles. The first-order valence-corrected chi connectivity index (χ1v) is 7.03. The molecule has 0 aliphatic rings. The van der Waals surface area contributed by atoms with Crippen molar-refractivity contribution >= 4 is 15.8 Å². The molecule has 0 unspecified atom stereocenters. The van der Waals surface area contributed by atoms with E-state index in [0.717, 1.165) is 17.7 Å². The smallest absolute Gasteiger partial charge is 0.263 e. The Kier molecular flexibility index (Phi) is 3.96. The van der Waals surface area contributed by atoms with Crippen molar-refractivity contribution in [2.45, 2.75) is 11.4 Å². The molecule has 1 aromatic carbocycles. The topological polar surface area (TPSA) is 85.1 Å². The van der Waals surface area contributed by atoms with Gasteiger partial charge in [0, 0.05) is 12.7 Å². The molecule has 0 bridgehead atoms. The molecule has 1 aromatic heterocycles. The zero-order chi connectivity index (χ0) is 14.8. The minimum atomic E-state index is -4.02. The fourth-order valence-electron chi connectivity index (χ4n) is 1.45. The van der Waals surface area contributed by atoms with E-state index >= 15 is 0 Å². The number of aromatic nitrogens is 1. The highest BCUT2D eigenvalue weighted by atomic mass is 32.2. The van der Waals surface area contributed by atoms with Gasteiger partial charge in [0.1, 0.15) is 5.82 Å². The molecule has 8 heteroatoms. The first-order chi connectivity index (χ1) is 9.42. The molecule has 0 aliphatic carbocycles. The Morgan fingerprint density at radius 2 is 1.90 bits per heavy atom. The first-order valence-electron chi connectivity index (χ1n) is 5.55. The van der Waals surface area contributed by atoms with Gasteiger partial charge in [0.25, 0.3) is 10.0 Å². The summed E-state index contributed by atoms with van der Waals surface area (Å²) in [5.41, 5.74) is 6.13. The summed E-state index contributed by atoms with van der Waals surface area (Å²) < 4.78 is 51.9. The number of rotatable bonds is 4. The predicted molar refractivity (Wildman–Crippen MR) is 69.3 cm³/mol. The average molecular weight is 299 g/mol. The van der Waals surface area contributed by atoms with Crippen molar-refractivity contribution in [3.05, 3.63) is 53.7 Å². The predicted octanol–water partition coefficient (Wildman–Crippen LogP) is 1.62. The minimum absolute atomic E-state index is 0.0620. The number of nitrogens with zero attached hydrogens (tertiary/aromatic N) is 1. The highest BCUT2D eigenvalue weighted by Gasteiger charge is 2.17. The van der Waals surface area contributed by atoms with E-state index in [1.807, 2.05) is 0 Å². The molecule has 106 valence electrons. The lowest BCUT2D eigenvalue weighted by molar-refractivity contribution is 0.504. The fraction of sp³-hybridized carbons (Fsp3) is 0.0833. The number of sulfonamides is 1. The maximum atomic E-state index is 13.1. The largest absolute Gasteiger partial charge is 0.326 e. The molecule has 0 amide bonds. The Hall–Kier alpha value is -2.06. The lowest BCUT2D eigenvalue weighted by Gasteiger charge is -2.08. The van der Waals surface area contributed by atoms with Crippen LogP contribution < -0.4 is 10.5 Å². The molecule has 0 aliphatic heterocycles. The van der Waals surface area contributed by atoms with E-state index in [4.69, 9.17) is 5.73 Å². The van der Waals surface area contributed by atoms with Gasteiger partial charge in [-0.05, 0) is 29.8 Å². The SMILES string of the molecule is NCc1ccc(NS(=O)(=O)c2ccc(F)c(F)c2)nc1. The van der Waals surface area contributed by atoms with Crippen molar-refractivity contribution in [2.75, 3.05) is 4.72 Å². The van der Waals surface area contributed by atoms with Crippen LogP contribution in [0, 0.1) is 11.6 Å². The average Bonchev–Trinajstić information content (AvgIpc) is 2.42. The van der Waals surface area contributed by atoms with Crippen LogP contribution in [0.3, 0.4) is 0 Å². The van der Waals surface area contributed by atoms with E-state index in [2.05, 4.69) is 9.71 Å². The standard InChI is InChI=1S/C12H11F2N3O2S/c13-10-3-2-9(5-11(10)14)20(18,19)17-12-4-1-8(6-15)7-16-12/h1-5,7H,6,15H2,(H,16,17). The molecular weight excluding hydrogens is 288 g/mol. The molecule has 2 rings (SSSR count). The van der Waals surface area contributed by atoms with E-state index in [1.54, 1.807) is 6.07 Å². The van der Waals surface area contributed by atoms with E-state index in [1.165, 1.54) is 12.3 Å². The number of nitrogens with one attached hydrogen (secondary N) is 1. The molecular formula is C12H11F2N3O2S. The molecule has 0 spiro atoms. The zero-order valence-electron chi connectivity index (χ0n) is 10.2. The van der Waals surface area contributed by atoms with Crippen molar-refractivity contribution in [1.82, 2.24) is 4.98 Å². The second kappa shape index (κ2) is 5.51. The van der Waals surface area contributed by atoms with E-state index in [0.29, 0.717) is 6.07 Å². The molecule has 2 aromatic rings. The zero-order valence-corrected chi connectivity index (χ0v) is 11.0. The number of benzene rings is 1. The summed E-state index contributed by atoms with van der Waals surface area (Å²) in [4.78, 5) is 3.47. The number of hydrogen-bond donors (Lipinski definition) is 2. The molecule has 5 nitrogen and oxygen atoms in total.